The number of nitrogens with zero attached hydrogens (tertiary/aromatic N) is 2. The Kier molecular flexibility index (Phi) is 5.31. The number of aryl methyl sites for hydroxylation is 1. The van der Waals surface area contributed by atoms with Crippen molar-refractivity contribution in [3.63, 3.8) is 0 Å². The minimum absolute atomic E-state index is 0.182. The fraction of sp³-hybridized carbons (Fsp3) is 0.250. The number of carbonyl (C=O) groups excluding carboxylic acids is 2. The van der Waals surface area contributed by atoms with E-state index in [1.54, 1.807) is 22.7 Å². The van der Waals surface area contributed by atoms with Gasteiger partial charge in [-0.1, -0.05) is 32.0 Å². The van der Waals surface area contributed by atoms with Gasteiger partial charge in [0.25, 0.3) is 11.8 Å². The lowest BCUT2D eigenvalue weighted by atomic mass is 10.1. The number of pyridine rings is 1. The maximum Gasteiger partial charge on any atom is 0.292 e. The molecule has 3 rings (SSSR count). The van der Waals surface area contributed by atoms with Gasteiger partial charge in [0.15, 0.2) is 5.69 Å². The van der Waals surface area contributed by atoms with Crippen LogP contribution in [0.5, 0.6) is 0 Å². The Morgan fingerprint density at radius 2 is 1.81 bits per heavy atom. The van der Waals surface area contributed by atoms with Gasteiger partial charge >= 0.3 is 0 Å². The molecule has 2 N–H and O–H groups in total. The number of fused-ring (bicyclic) bond motifs is 1. The van der Waals surface area contributed by atoms with Crippen molar-refractivity contribution in [1.29, 1.82) is 0 Å². The van der Waals surface area contributed by atoms with Crippen molar-refractivity contribution >= 4 is 23.0 Å². The minimum atomic E-state index is -0.356. The molecule has 0 radical (unpaired) electrons. The van der Waals surface area contributed by atoms with Gasteiger partial charge in [-0.05, 0) is 42.7 Å². The zero-order valence-corrected chi connectivity index (χ0v) is 15.0. The summed E-state index contributed by atoms with van der Waals surface area (Å²) in [6.45, 7) is 4.62. The van der Waals surface area contributed by atoms with Gasteiger partial charge in [0.1, 0.15) is 0 Å². The maximum atomic E-state index is 12.7. The molecule has 0 unspecified atom stereocenters. The van der Waals surface area contributed by atoms with Gasteiger partial charge in [-0.25, -0.2) is 4.98 Å². The number of aromatic nitrogens is 2. The fourth-order valence-electron chi connectivity index (χ4n) is 2.70. The number of amides is 2. The fourth-order valence-corrected chi connectivity index (χ4v) is 2.70. The van der Waals surface area contributed by atoms with Crippen molar-refractivity contribution < 1.29 is 9.59 Å². The summed E-state index contributed by atoms with van der Waals surface area (Å²) < 4.78 is 1.64. The molecule has 2 heterocycles. The number of hydrogen-bond donors (Lipinski definition) is 2. The molecule has 134 valence electrons. The van der Waals surface area contributed by atoms with E-state index in [-0.39, 0.29) is 23.3 Å². The van der Waals surface area contributed by atoms with Crippen molar-refractivity contribution in [1.82, 2.24) is 14.7 Å². The quantitative estimate of drug-likeness (QED) is 0.716. The highest BCUT2D eigenvalue weighted by Gasteiger charge is 2.21. The Balaban J connectivity index is 1.91. The molecular formula is C20H22N4O2. The van der Waals surface area contributed by atoms with Gasteiger partial charge in [-0.15, -0.1) is 0 Å². The Labute approximate surface area is 152 Å². The minimum Gasteiger partial charge on any atom is -0.351 e. The normalized spacial score (nSPS) is 10.7. The Hall–Kier alpha value is -3.15. The molecule has 0 saturated heterocycles. The third-order valence-corrected chi connectivity index (χ3v) is 4.12. The van der Waals surface area contributed by atoms with E-state index in [2.05, 4.69) is 22.5 Å². The van der Waals surface area contributed by atoms with Crippen LogP contribution in [0, 0.1) is 0 Å². The van der Waals surface area contributed by atoms with Crippen LogP contribution < -0.4 is 10.6 Å². The molecule has 3 aromatic rings. The second kappa shape index (κ2) is 7.82. The first kappa shape index (κ1) is 17.7. The van der Waals surface area contributed by atoms with Crippen LogP contribution in [0.4, 0.5) is 5.69 Å². The first-order chi connectivity index (χ1) is 12.6. The Morgan fingerprint density at radius 3 is 2.50 bits per heavy atom. The topological polar surface area (TPSA) is 75.5 Å². The average molecular weight is 350 g/mol. The molecule has 1 aromatic carbocycles. The number of nitrogens with one attached hydrogen (secondary N) is 2. The van der Waals surface area contributed by atoms with Crippen LogP contribution in [0.15, 0.2) is 48.7 Å². The Bertz CT molecular complexity index is 929. The van der Waals surface area contributed by atoms with Crippen LogP contribution >= 0.6 is 0 Å². The molecule has 0 bridgehead atoms. The number of anilines is 1. The molecule has 0 atom stereocenters. The van der Waals surface area contributed by atoms with E-state index in [0.29, 0.717) is 17.7 Å². The van der Waals surface area contributed by atoms with Crippen molar-refractivity contribution in [3.8, 4) is 0 Å². The molecule has 6 nitrogen and oxygen atoms in total. The lowest BCUT2D eigenvalue weighted by Gasteiger charge is -2.05. The number of carbonyl (C=O) groups is 2. The van der Waals surface area contributed by atoms with Gasteiger partial charge in [-0.3, -0.25) is 14.0 Å². The van der Waals surface area contributed by atoms with E-state index in [9.17, 15) is 9.59 Å². The SMILES string of the molecule is CCCNC(=O)c1nc(C(=O)Nc2ccc(CC)cc2)n2ccccc12. The summed E-state index contributed by atoms with van der Waals surface area (Å²) in [6, 6.07) is 13.1. The molecule has 0 fully saturated rings. The summed E-state index contributed by atoms with van der Waals surface area (Å²) >= 11 is 0. The Morgan fingerprint density at radius 1 is 1.04 bits per heavy atom. The van der Waals surface area contributed by atoms with E-state index >= 15 is 0 Å². The van der Waals surface area contributed by atoms with Crippen LogP contribution in [0.1, 0.15) is 46.9 Å². The standard InChI is InChI=1S/C20H22N4O2/c1-3-12-21-19(25)17-16-7-5-6-13-24(16)18(23-17)20(26)22-15-10-8-14(4-2)9-11-15/h5-11,13H,3-4,12H2,1-2H3,(H,21,25)(H,22,26). The van der Waals surface area contributed by atoms with Gasteiger partial charge in [-0.2, -0.15) is 0 Å². The van der Waals surface area contributed by atoms with E-state index in [4.69, 9.17) is 0 Å². The molecular weight excluding hydrogens is 328 g/mol. The second-order valence-electron chi connectivity index (χ2n) is 6.00. The van der Waals surface area contributed by atoms with E-state index in [0.717, 1.165) is 12.8 Å². The van der Waals surface area contributed by atoms with Gasteiger partial charge < -0.3 is 10.6 Å². The molecule has 0 aliphatic carbocycles. The van der Waals surface area contributed by atoms with Crippen LogP contribution in [0.25, 0.3) is 5.52 Å². The summed E-state index contributed by atoms with van der Waals surface area (Å²) in [5, 5.41) is 5.65. The highest BCUT2D eigenvalue weighted by molar-refractivity contribution is 6.06. The molecule has 2 amide bonds. The summed E-state index contributed by atoms with van der Waals surface area (Å²) in [7, 11) is 0. The van der Waals surface area contributed by atoms with E-state index < -0.39 is 0 Å². The third kappa shape index (κ3) is 3.59. The number of benzene rings is 1. The first-order valence-electron chi connectivity index (χ1n) is 8.79. The zero-order valence-electron chi connectivity index (χ0n) is 15.0. The number of imidazole rings is 1. The summed E-state index contributed by atoms with van der Waals surface area (Å²) in [5.41, 5.74) is 2.75. The lowest BCUT2D eigenvalue weighted by molar-refractivity contribution is 0.0951. The van der Waals surface area contributed by atoms with E-state index in [1.807, 2.05) is 37.3 Å². The van der Waals surface area contributed by atoms with Crippen LogP contribution in [-0.2, 0) is 6.42 Å². The predicted octanol–water partition coefficient (Wildman–Crippen LogP) is 3.29. The largest absolute Gasteiger partial charge is 0.351 e. The zero-order chi connectivity index (χ0) is 18.5. The predicted molar refractivity (Wildman–Crippen MR) is 102 cm³/mol. The van der Waals surface area contributed by atoms with Crippen molar-refractivity contribution in [3.05, 3.63) is 65.7 Å². The van der Waals surface area contributed by atoms with Crippen LogP contribution in [-0.4, -0.2) is 27.7 Å². The lowest BCUT2D eigenvalue weighted by Crippen LogP contribution is -2.24. The molecule has 0 spiro atoms. The highest BCUT2D eigenvalue weighted by atomic mass is 16.2. The monoisotopic (exact) mass is 350 g/mol. The van der Waals surface area contributed by atoms with Crippen LogP contribution in [0.3, 0.4) is 0 Å². The molecule has 6 heteroatoms. The molecule has 0 aliphatic rings. The highest BCUT2D eigenvalue weighted by Crippen LogP contribution is 2.16. The van der Waals surface area contributed by atoms with Gasteiger partial charge in [0, 0.05) is 18.4 Å². The third-order valence-electron chi connectivity index (χ3n) is 4.12. The summed E-state index contributed by atoms with van der Waals surface area (Å²) in [6.07, 6.45) is 3.50. The average Bonchev–Trinajstić information content (AvgIpc) is 3.06. The maximum absolute atomic E-state index is 12.7. The summed E-state index contributed by atoms with van der Waals surface area (Å²) in [4.78, 5) is 29.4. The van der Waals surface area contributed by atoms with Crippen molar-refractivity contribution in [2.45, 2.75) is 26.7 Å². The van der Waals surface area contributed by atoms with Gasteiger partial charge in [0.2, 0.25) is 5.82 Å². The first-order valence-corrected chi connectivity index (χ1v) is 8.79. The van der Waals surface area contributed by atoms with Crippen molar-refractivity contribution in [2.24, 2.45) is 0 Å². The summed E-state index contributed by atoms with van der Waals surface area (Å²) in [5.74, 6) is -0.450. The molecule has 26 heavy (non-hydrogen) atoms. The second-order valence-corrected chi connectivity index (χ2v) is 6.00. The number of rotatable bonds is 6. The molecule has 2 aromatic heterocycles. The van der Waals surface area contributed by atoms with Gasteiger partial charge in [0.05, 0.1) is 5.52 Å². The molecule has 0 saturated carbocycles. The van der Waals surface area contributed by atoms with Crippen molar-refractivity contribution in [2.75, 3.05) is 11.9 Å². The smallest absolute Gasteiger partial charge is 0.292 e. The molecule has 0 aliphatic heterocycles. The number of hydrogen-bond acceptors (Lipinski definition) is 3. The van der Waals surface area contributed by atoms with E-state index in [1.165, 1.54) is 5.56 Å². The van der Waals surface area contributed by atoms with Crippen LogP contribution in [0.2, 0.25) is 0 Å².